The zero-order valence-corrected chi connectivity index (χ0v) is 20.3. The average molecular weight is 489 g/mol. The molecular weight excluding hydrogens is 466 g/mol. The first-order valence-corrected chi connectivity index (χ1v) is 10.9. The third-order valence-corrected chi connectivity index (χ3v) is 6.16. The Labute approximate surface area is 205 Å². The summed E-state index contributed by atoms with van der Waals surface area (Å²) in [4.78, 5) is 25.9. The van der Waals surface area contributed by atoms with Crippen LogP contribution in [0.25, 0.3) is 44.5 Å². The minimum Gasteiger partial charge on any atom is -0.496 e. The third-order valence-electron chi connectivity index (χ3n) is 6.16. The number of nitrogens with zero attached hydrogens (tertiary/aromatic N) is 1. The summed E-state index contributed by atoms with van der Waals surface area (Å²) in [7, 11) is 7.86. The van der Waals surface area contributed by atoms with E-state index < -0.39 is 11.3 Å². The Morgan fingerprint density at radius 2 is 1.03 bits per heavy atom. The van der Waals surface area contributed by atoms with Crippen LogP contribution in [0.2, 0.25) is 0 Å². The Hall–Kier alpha value is -4.66. The summed E-state index contributed by atoms with van der Waals surface area (Å²) in [5.74, 6) is 2.02. The van der Waals surface area contributed by atoms with Crippen LogP contribution in [-0.2, 0) is 7.05 Å². The molecular formula is C27H23NO8. The lowest BCUT2D eigenvalue weighted by molar-refractivity contribution is 0.395. The van der Waals surface area contributed by atoms with Gasteiger partial charge in [-0.1, -0.05) is 0 Å². The van der Waals surface area contributed by atoms with Crippen LogP contribution in [0.1, 0.15) is 0 Å². The molecule has 0 saturated carbocycles. The lowest BCUT2D eigenvalue weighted by Crippen LogP contribution is -2.09. The van der Waals surface area contributed by atoms with Crippen molar-refractivity contribution in [3.05, 3.63) is 69.4 Å². The minimum absolute atomic E-state index is 0.312. The molecule has 0 aliphatic rings. The van der Waals surface area contributed by atoms with E-state index in [4.69, 9.17) is 27.8 Å². The van der Waals surface area contributed by atoms with Crippen molar-refractivity contribution in [2.75, 3.05) is 28.4 Å². The molecule has 5 aromatic rings. The molecule has 184 valence electrons. The van der Waals surface area contributed by atoms with E-state index >= 15 is 0 Å². The van der Waals surface area contributed by atoms with Crippen molar-refractivity contribution in [1.82, 2.24) is 4.57 Å². The Kier molecular flexibility index (Phi) is 5.68. The summed E-state index contributed by atoms with van der Waals surface area (Å²) < 4.78 is 34.4. The highest BCUT2D eigenvalue weighted by Crippen LogP contribution is 2.35. The normalized spacial score (nSPS) is 11.1. The molecule has 3 heterocycles. The average Bonchev–Trinajstić information content (AvgIpc) is 3.26. The predicted octanol–water partition coefficient (Wildman–Crippen LogP) is 4.61. The molecule has 0 radical (unpaired) electrons. The van der Waals surface area contributed by atoms with Crippen molar-refractivity contribution in [1.29, 1.82) is 0 Å². The van der Waals surface area contributed by atoms with Gasteiger partial charge in [-0.15, -0.1) is 0 Å². The molecule has 3 aromatic heterocycles. The number of rotatable bonds is 6. The van der Waals surface area contributed by atoms with Gasteiger partial charge in [-0.3, -0.25) is 0 Å². The van der Waals surface area contributed by atoms with E-state index in [0.29, 0.717) is 67.5 Å². The van der Waals surface area contributed by atoms with Crippen LogP contribution in [0.4, 0.5) is 0 Å². The van der Waals surface area contributed by atoms with Crippen LogP contribution >= 0.6 is 0 Å². The number of aromatic nitrogens is 1. The first-order chi connectivity index (χ1) is 17.4. The van der Waals surface area contributed by atoms with Gasteiger partial charge in [0.05, 0.1) is 61.7 Å². The van der Waals surface area contributed by atoms with Gasteiger partial charge in [0.2, 0.25) is 0 Å². The van der Waals surface area contributed by atoms with E-state index in [0.717, 1.165) is 0 Å². The van der Waals surface area contributed by atoms with Crippen LogP contribution in [0.15, 0.2) is 67.0 Å². The van der Waals surface area contributed by atoms with E-state index in [1.807, 2.05) is 0 Å². The maximum absolute atomic E-state index is 12.9. The lowest BCUT2D eigenvalue weighted by Gasteiger charge is -2.11. The van der Waals surface area contributed by atoms with Gasteiger partial charge in [0.1, 0.15) is 34.2 Å². The molecule has 9 nitrogen and oxygen atoms in total. The van der Waals surface area contributed by atoms with Crippen LogP contribution in [0.5, 0.6) is 23.0 Å². The molecule has 0 saturated heterocycles. The van der Waals surface area contributed by atoms with Crippen LogP contribution in [0.3, 0.4) is 0 Å². The summed E-state index contributed by atoms with van der Waals surface area (Å²) in [5.41, 5.74) is 1.34. The van der Waals surface area contributed by atoms with Gasteiger partial charge in [0.25, 0.3) is 0 Å². The van der Waals surface area contributed by atoms with E-state index in [1.165, 1.54) is 28.4 Å². The smallest absolute Gasteiger partial charge is 0.345 e. The number of hydrogen-bond donors (Lipinski definition) is 0. The topological polar surface area (TPSA) is 102 Å². The number of benzene rings is 2. The molecule has 9 heteroatoms. The van der Waals surface area contributed by atoms with Crippen molar-refractivity contribution in [3.63, 3.8) is 0 Å². The highest BCUT2D eigenvalue weighted by molar-refractivity contribution is 5.90. The van der Waals surface area contributed by atoms with Gasteiger partial charge in [0, 0.05) is 31.3 Å². The first kappa shape index (κ1) is 23.1. The second-order valence-electron chi connectivity index (χ2n) is 8.04. The molecule has 0 atom stereocenters. The minimum atomic E-state index is -0.537. The molecule has 0 N–H and O–H groups in total. The van der Waals surface area contributed by atoms with Crippen molar-refractivity contribution < 1.29 is 27.8 Å². The third kappa shape index (κ3) is 3.65. The van der Waals surface area contributed by atoms with E-state index in [9.17, 15) is 9.59 Å². The van der Waals surface area contributed by atoms with E-state index in [-0.39, 0.29) is 0 Å². The number of fused-ring (bicyclic) bond motifs is 2. The molecule has 0 unspecified atom stereocenters. The fourth-order valence-electron chi connectivity index (χ4n) is 4.31. The van der Waals surface area contributed by atoms with Gasteiger partial charge in [-0.05, 0) is 24.3 Å². The predicted molar refractivity (Wildman–Crippen MR) is 135 cm³/mol. The molecule has 0 amide bonds. The van der Waals surface area contributed by atoms with Crippen molar-refractivity contribution in [3.8, 4) is 45.5 Å². The van der Waals surface area contributed by atoms with Gasteiger partial charge >= 0.3 is 11.3 Å². The second kappa shape index (κ2) is 8.84. The quantitative estimate of drug-likeness (QED) is 0.319. The highest BCUT2D eigenvalue weighted by atomic mass is 16.5. The molecule has 0 aliphatic heterocycles. The van der Waals surface area contributed by atoms with E-state index in [2.05, 4.69) is 0 Å². The number of methoxy groups -OCH3 is 4. The Morgan fingerprint density at radius 1 is 0.611 bits per heavy atom. The van der Waals surface area contributed by atoms with Crippen molar-refractivity contribution in [2.45, 2.75) is 0 Å². The highest BCUT2D eigenvalue weighted by Gasteiger charge is 2.19. The monoisotopic (exact) mass is 489 g/mol. The van der Waals surface area contributed by atoms with Gasteiger partial charge in [0.15, 0.2) is 0 Å². The van der Waals surface area contributed by atoms with Gasteiger partial charge < -0.3 is 32.3 Å². The van der Waals surface area contributed by atoms with Crippen LogP contribution < -0.4 is 30.2 Å². The Morgan fingerprint density at radius 3 is 1.39 bits per heavy atom. The number of ether oxygens (including phenoxy) is 4. The summed E-state index contributed by atoms with van der Waals surface area (Å²) in [5, 5.41) is 1.22. The maximum atomic E-state index is 12.9. The molecule has 0 spiro atoms. The first-order valence-electron chi connectivity index (χ1n) is 10.9. The van der Waals surface area contributed by atoms with Crippen molar-refractivity contribution >= 4 is 21.9 Å². The molecule has 36 heavy (non-hydrogen) atoms. The zero-order valence-electron chi connectivity index (χ0n) is 20.3. The second-order valence-corrected chi connectivity index (χ2v) is 8.04. The lowest BCUT2D eigenvalue weighted by atomic mass is 10.1. The maximum Gasteiger partial charge on any atom is 0.345 e. The van der Waals surface area contributed by atoms with Gasteiger partial charge in [-0.2, -0.15) is 0 Å². The van der Waals surface area contributed by atoms with E-state index in [1.54, 1.807) is 60.1 Å². The number of hydrogen-bond acceptors (Lipinski definition) is 8. The molecule has 2 aromatic carbocycles. The van der Waals surface area contributed by atoms with Crippen LogP contribution in [0, 0.1) is 0 Å². The standard InChI is InChI=1S/C27H23NO8/c1-28-20(16-12-18-22(33-4)8-14(31-2)10-24(18)35-26(16)29)6-7-21(28)17-13-19-23(34-5)9-15(32-3)11-25(19)36-27(17)30/h6-13H,1-5H3. The fraction of sp³-hybridized carbons (Fsp3) is 0.185. The molecule has 5 rings (SSSR count). The summed E-state index contributed by atoms with van der Waals surface area (Å²) >= 11 is 0. The molecule has 0 aliphatic carbocycles. The Bertz CT molecular complexity index is 1610. The molecule has 0 bridgehead atoms. The molecule has 0 fully saturated rings. The summed E-state index contributed by atoms with van der Waals surface area (Å²) in [6, 6.07) is 13.6. The Balaban J connectivity index is 1.68. The summed E-state index contributed by atoms with van der Waals surface area (Å²) in [6.45, 7) is 0. The van der Waals surface area contributed by atoms with Gasteiger partial charge in [-0.25, -0.2) is 9.59 Å². The fourth-order valence-corrected chi connectivity index (χ4v) is 4.31. The van der Waals surface area contributed by atoms with Crippen LogP contribution in [-0.4, -0.2) is 33.0 Å². The summed E-state index contributed by atoms with van der Waals surface area (Å²) in [6.07, 6.45) is 0. The largest absolute Gasteiger partial charge is 0.496 e. The SMILES string of the molecule is COc1cc(OC)c2cc(-c3ccc(-c4cc5c(OC)cc(OC)cc5oc4=O)n3C)c(=O)oc2c1. The zero-order chi connectivity index (χ0) is 25.6. The van der Waals surface area contributed by atoms with Crippen molar-refractivity contribution in [2.24, 2.45) is 7.05 Å².